The fourth-order valence-electron chi connectivity index (χ4n) is 1.69. The highest BCUT2D eigenvalue weighted by molar-refractivity contribution is 5.09. The zero-order chi connectivity index (χ0) is 9.60. The molecule has 1 unspecified atom stereocenters. The average Bonchev–Trinajstić information content (AvgIpc) is 2.75. The average molecular weight is 195 g/mol. The molecule has 1 saturated heterocycles. The summed E-state index contributed by atoms with van der Waals surface area (Å²) in [4.78, 5) is 4.34. The van der Waals surface area contributed by atoms with E-state index in [9.17, 15) is 0 Å². The van der Waals surface area contributed by atoms with Gasteiger partial charge in [0.1, 0.15) is 5.54 Å². The van der Waals surface area contributed by atoms with Crippen LogP contribution in [0.3, 0.4) is 0 Å². The van der Waals surface area contributed by atoms with Crippen molar-refractivity contribution in [1.82, 2.24) is 10.1 Å². The Bertz CT molecular complexity index is 340. The Morgan fingerprint density at radius 1 is 1.43 bits per heavy atom. The van der Waals surface area contributed by atoms with E-state index < -0.39 is 5.54 Å². The van der Waals surface area contributed by atoms with Gasteiger partial charge in [0.15, 0.2) is 5.82 Å². The number of hydrogen-bond acceptors (Lipinski definition) is 5. The molecule has 2 heterocycles. The van der Waals surface area contributed by atoms with Crippen LogP contribution in [-0.2, 0) is 10.3 Å². The van der Waals surface area contributed by atoms with Gasteiger partial charge in [0.2, 0.25) is 5.89 Å². The molecule has 1 saturated carbocycles. The Balaban J connectivity index is 1.87. The summed E-state index contributed by atoms with van der Waals surface area (Å²) in [7, 11) is 0. The van der Waals surface area contributed by atoms with Crippen LogP contribution >= 0.6 is 0 Å². The Morgan fingerprint density at radius 3 is 2.93 bits per heavy atom. The third-order valence-electron chi connectivity index (χ3n) is 2.87. The second-order valence-corrected chi connectivity index (χ2v) is 4.19. The Kier molecular flexibility index (Phi) is 1.66. The number of nitrogens with two attached hydrogens (primary N) is 1. The lowest BCUT2D eigenvalue weighted by molar-refractivity contribution is 0.175. The monoisotopic (exact) mass is 195 g/mol. The molecule has 1 aromatic rings. The quantitative estimate of drug-likeness (QED) is 0.744. The molecule has 2 aliphatic rings. The largest absolute Gasteiger partial charge is 0.379 e. The molecule has 5 nitrogen and oxygen atoms in total. The fourth-order valence-corrected chi connectivity index (χ4v) is 1.69. The lowest BCUT2D eigenvalue weighted by Gasteiger charge is -2.15. The van der Waals surface area contributed by atoms with Crippen LogP contribution in [0, 0.1) is 0 Å². The van der Waals surface area contributed by atoms with Crippen molar-refractivity contribution in [3.8, 4) is 0 Å². The molecule has 1 aliphatic heterocycles. The van der Waals surface area contributed by atoms with Gasteiger partial charge in [0, 0.05) is 12.5 Å². The molecule has 1 aliphatic carbocycles. The number of aromatic nitrogens is 2. The van der Waals surface area contributed by atoms with Gasteiger partial charge in [-0.2, -0.15) is 4.98 Å². The SMILES string of the molecule is NC1(c2noc(C3CC3)n2)CCOC1. The molecule has 5 heteroatoms. The maximum Gasteiger partial charge on any atom is 0.229 e. The van der Waals surface area contributed by atoms with E-state index in [1.165, 1.54) is 0 Å². The molecule has 0 spiro atoms. The molecule has 0 amide bonds. The molecule has 3 rings (SSSR count). The second-order valence-electron chi connectivity index (χ2n) is 4.19. The van der Waals surface area contributed by atoms with E-state index in [-0.39, 0.29) is 0 Å². The molecule has 0 radical (unpaired) electrons. The summed E-state index contributed by atoms with van der Waals surface area (Å²) in [6, 6.07) is 0. The van der Waals surface area contributed by atoms with Crippen molar-refractivity contribution < 1.29 is 9.26 Å². The van der Waals surface area contributed by atoms with Gasteiger partial charge in [-0.1, -0.05) is 5.16 Å². The fraction of sp³-hybridized carbons (Fsp3) is 0.778. The molecular formula is C9H13N3O2. The highest BCUT2D eigenvalue weighted by Gasteiger charge is 2.39. The van der Waals surface area contributed by atoms with E-state index in [2.05, 4.69) is 10.1 Å². The summed E-state index contributed by atoms with van der Waals surface area (Å²) >= 11 is 0. The van der Waals surface area contributed by atoms with E-state index in [1.807, 2.05) is 0 Å². The summed E-state index contributed by atoms with van der Waals surface area (Å²) < 4.78 is 10.4. The number of ether oxygens (including phenoxy) is 1. The molecule has 76 valence electrons. The first-order chi connectivity index (χ1) is 6.78. The first kappa shape index (κ1) is 8.38. The lowest BCUT2D eigenvalue weighted by Crippen LogP contribution is -2.38. The topological polar surface area (TPSA) is 74.2 Å². The predicted octanol–water partition coefficient (Wildman–Crippen LogP) is 0.521. The minimum Gasteiger partial charge on any atom is -0.379 e. The minimum atomic E-state index is -0.517. The highest BCUT2D eigenvalue weighted by Crippen LogP contribution is 2.39. The van der Waals surface area contributed by atoms with Crippen LogP contribution in [0.1, 0.15) is 36.9 Å². The van der Waals surface area contributed by atoms with Gasteiger partial charge in [-0.15, -0.1) is 0 Å². The number of nitrogens with zero attached hydrogens (tertiary/aromatic N) is 2. The van der Waals surface area contributed by atoms with E-state index in [1.54, 1.807) is 0 Å². The number of rotatable bonds is 2. The molecule has 2 N–H and O–H groups in total. The summed E-state index contributed by atoms with van der Waals surface area (Å²) in [5.41, 5.74) is 5.59. The Morgan fingerprint density at radius 2 is 2.29 bits per heavy atom. The minimum absolute atomic E-state index is 0.488. The van der Waals surface area contributed by atoms with Gasteiger partial charge in [-0.25, -0.2) is 0 Å². The summed E-state index contributed by atoms with van der Waals surface area (Å²) in [6.07, 6.45) is 3.10. The van der Waals surface area contributed by atoms with Crippen molar-refractivity contribution >= 4 is 0 Å². The van der Waals surface area contributed by atoms with Crippen LogP contribution in [-0.4, -0.2) is 23.4 Å². The molecular weight excluding hydrogens is 182 g/mol. The Hall–Kier alpha value is -0.940. The van der Waals surface area contributed by atoms with E-state index in [0.29, 0.717) is 25.0 Å². The Labute approximate surface area is 81.6 Å². The van der Waals surface area contributed by atoms with Crippen molar-refractivity contribution in [3.63, 3.8) is 0 Å². The van der Waals surface area contributed by atoms with Crippen molar-refractivity contribution in [2.75, 3.05) is 13.2 Å². The maximum atomic E-state index is 6.10. The van der Waals surface area contributed by atoms with Crippen molar-refractivity contribution in [2.45, 2.75) is 30.7 Å². The predicted molar refractivity (Wildman–Crippen MR) is 47.6 cm³/mol. The summed E-state index contributed by atoms with van der Waals surface area (Å²) in [5, 5.41) is 3.94. The molecule has 2 fully saturated rings. The maximum absolute atomic E-state index is 6.10. The zero-order valence-electron chi connectivity index (χ0n) is 7.90. The van der Waals surface area contributed by atoms with Gasteiger partial charge in [0.25, 0.3) is 0 Å². The normalized spacial score (nSPS) is 32.4. The number of hydrogen-bond donors (Lipinski definition) is 1. The van der Waals surface area contributed by atoms with Crippen LogP contribution in [0.15, 0.2) is 4.52 Å². The van der Waals surface area contributed by atoms with Crippen LogP contribution in [0.5, 0.6) is 0 Å². The summed E-state index contributed by atoms with van der Waals surface area (Å²) in [6.45, 7) is 1.18. The summed E-state index contributed by atoms with van der Waals surface area (Å²) in [5.74, 6) is 1.84. The molecule has 1 aromatic heterocycles. The second kappa shape index (κ2) is 2.77. The highest BCUT2D eigenvalue weighted by atomic mass is 16.5. The molecule has 0 aromatic carbocycles. The van der Waals surface area contributed by atoms with Gasteiger partial charge in [-0.05, 0) is 19.3 Å². The first-order valence-electron chi connectivity index (χ1n) is 4.99. The molecule has 1 atom stereocenters. The molecule has 14 heavy (non-hydrogen) atoms. The van der Waals surface area contributed by atoms with Crippen LogP contribution in [0.25, 0.3) is 0 Å². The standard InChI is InChI=1S/C9H13N3O2/c10-9(3-4-13-5-9)8-11-7(14-12-8)6-1-2-6/h6H,1-5,10H2. The third-order valence-corrected chi connectivity index (χ3v) is 2.87. The van der Waals surface area contributed by atoms with Gasteiger partial charge in [0.05, 0.1) is 6.61 Å². The molecule has 0 bridgehead atoms. The van der Waals surface area contributed by atoms with Crippen molar-refractivity contribution in [1.29, 1.82) is 0 Å². The smallest absolute Gasteiger partial charge is 0.229 e. The van der Waals surface area contributed by atoms with E-state index >= 15 is 0 Å². The van der Waals surface area contributed by atoms with Crippen LogP contribution in [0.4, 0.5) is 0 Å². The van der Waals surface area contributed by atoms with E-state index in [4.69, 9.17) is 15.0 Å². The van der Waals surface area contributed by atoms with Gasteiger partial charge < -0.3 is 15.0 Å². The van der Waals surface area contributed by atoms with Gasteiger partial charge >= 0.3 is 0 Å². The zero-order valence-corrected chi connectivity index (χ0v) is 7.90. The van der Waals surface area contributed by atoms with Crippen molar-refractivity contribution in [2.24, 2.45) is 5.73 Å². The van der Waals surface area contributed by atoms with Crippen LogP contribution < -0.4 is 5.73 Å². The van der Waals surface area contributed by atoms with E-state index in [0.717, 1.165) is 25.2 Å². The lowest BCUT2D eigenvalue weighted by atomic mass is 10.00. The van der Waals surface area contributed by atoms with Gasteiger partial charge in [-0.3, -0.25) is 0 Å². The van der Waals surface area contributed by atoms with Crippen LogP contribution in [0.2, 0.25) is 0 Å². The van der Waals surface area contributed by atoms with Crippen molar-refractivity contribution in [3.05, 3.63) is 11.7 Å². The third kappa shape index (κ3) is 1.24. The first-order valence-corrected chi connectivity index (χ1v) is 4.99.